The summed E-state index contributed by atoms with van der Waals surface area (Å²) in [6.07, 6.45) is 0. The first kappa shape index (κ1) is 14.1. The molecule has 0 fully saturated rings. The zero-order chi connectivity index (χ0) is 8.41. The maximum absolute atomic E-state index is 5.47. The summed E-state index contributed by atoms with van der Waals surface area (Å²) in [7, 11) is 0. The summed E-state index contributed by atoms with van der Waals surface area (Å²) in [5, 5.41) is 0. The van der Waals surface area contributed by atoms with Crippen molar-refractivity contribution in [3.05, 3.63) is 6.61 Å². The van der Waals surface area contributed by atoms with Crippen LogP contribution in [0.3, 0.4) is 0 Å². The first-order valence-electron chi connectivity index (χ1n) is 3.73. The average molecular weight is 150 g/mol. The van der Waals surface area contributed by atoms with Crippen LogP contribution in [0.2, 0.25) is 0 Å². The van der Waals surface area contributed by atoms with Gasteiger partial charge in [0.05, 0.1) is 0 Å². The van der Waals surface area contributed by atoms with Crippen LogP contribution < -0.4 is 18.9 Å². The van der Waals surface area contributed by atoms with E-state index in [0.717, 1.165) is 0 Å². The predicted octanol–water partition coefficient (Wildman–Crippen LogP) is 0.0134. The van der Waals surface area contributed by atoms with Crippen molar-refractivity contribution in [1.29, 1.82) is 0 Å². The second-order valence-corrected chi connectivity index (χ2v) is 4.71. The van der Waals surface area contributed by atoms with E-state index in [-0.39, 0.29) is 29.9 Å². The van der Waals surface area contributed by atoms with Gasteiger partial charge in [-0.3, -0.25) is 0 Å². The van der Waals surface area contributed by atoms with E-state index in [4.69, 9.17) is 4.74 Å². The zero-order valence-electron chi connectivity index (χ0n) is 8.99. The molecule has 0 aliphatic carbocycles. The molecule has 0 N–H and O–H groups in total. The molecule has 0 spiro atoms. The van der Waals surface area contributed by atoms with Gasteiger partial charge in [-0.2, -0.15) is 0 Å². The van der Waals surface area contributed by atoms with Gasteiger partial charge in [0.1, 0.15) is 0 Å². The van der Waals surface area contributed by atoms with E-state index in [9.17, 15) is 0 Å². The molecule has 0 unspecified atom stereocenters. The Morgan fingerprint density at radius 3 is 1.36 bits per heavy atom. The van der Waals surface area contributed by atoms with Crippen LogP contribution >= 0.6 is 0 Å². The minimum absolute atomic E-state index is 0. The Bertz CT molecular complexity index is 83.1. The molecule has 0 amide bonds. The van der Waals surface area contributed by atoms with Gasteiger partial charge in [0.15, 0.2) is 0 Å². The van der Waals surface area contributed by atoms with Gasteiger partial charge in [-0.25, -0.2) is 6.61 Å². The fourth-order valence-electron chi connectivity index (χ4n) is 0.354. The van der Waals surface area contributed by atoms with E-state index in [2.05, 4.69) is 41.5 Å². The van der Waals surface area contributed by atoms with E-state index in [1.54, 1.807) is 0 Å². The molecular formula is C9H19LiO. The Morgan fingerprint density at radius 2 is 1.27 bits per heavy atom. The third-order valence-electron chi connectivity index (χ3n) is 0.766. The molecule has 2 heteroatoms. The van der Waals surface area contributed by atoms with Gasteiger partial charge in [0.2, 0.25) is 0 Å². The number of hydrogen-bond donors (Lipinski definition) is 0. The van der Waals surface area contributed by atoms with Crippen LogP contribution in [0.15, 0.2) is 0 Å². The third kappa shape index (κ3) is 13.5. The molecule has 0 atom stereocenters. The molecule has 0 radical (unpaired) electrons. The minimum Gasteiger partial charge on any atom is -0.547 e. The standard InChI is InChI=1S/C9H19O.Li/c1-8(2,3)7-10-9(4,5)6;/h7H,1-6H3;/q-1;+1. The first-order valence-corrected chi connectivity index (χ1v) is 3.73. The second-order valence-electron chi connectivity index (χ2n) is 4.71. The van der Waals surface area contributed by atoms with Gasteiger partial charge in [0, 0.05) is 5.60 Å². The monoisotopic (exact) mass is 150 g/mol. The minimum atomic E-state index is -0.0483. The van der Waals surface area contributed by atoms with Gasteiger partial charge in [-0.1, -0.05) is 20.8 Å². The van der Waals surface area contributed by atoms with Crippen molar-refractivity contribution in [2.24, 2.45) is 5.41 Å². The predicted molar refractivity (Wildman–Crippen MR) is 44.6 cm³/mol. The molecule has 0 saturated heterocycles. The van der Waals surface area contributed by atoms with Crippen LogP contribution in [0.1, 0.15) is 41.5 Å². The number of rotatable bonds is 1. The average Bonchev–Trinajstić information content (AvgIpc) is 1.57. The summed E-state index contributed by atoms with van der Waals surface area (Å²) >= 11 is 0. The van der Waals surface area contributed by atoms with Crippen molar-refractivity contribution in [3.8, 4) is 0 Å². The molecule has 0 heterocycles. The van der Waals surface area contributed by atoms with Crippen molar-refractivity contribution < 1.29 is 23.6 Å². The van der Waals surface area contributed by atoms with E-state index < -0.39 is 0 Å². The summed E-state index contributed by atoms with van der Waals surface area (Å²) in [5.74, 6) is 0. The van der Waals surface area contributed by atoms with Crippen LogP contribution in [-0.4, -0.2) is 5.60 Å². The summed E-state index contributed by atoms with van der Waals surface area (Å²) in [6, 6.07) is 0. The van der Waals surface area contributed by atoms with Crippen molar-refractivity contribution in [2.75, 3.05) is 0 Å². The Balaban J connectivity index is 0. The molecule has 0 aromatic carbocycles. The Kier molecular flexibility index (Phi) is 5.83. The number of ether oxygens (including phenoxy) is 1. The number of hydrogen-bond acceptors (Lipinski definition) is 1. The molecule has 62 valence electrons. The molecule has 0 aliphatic heterocycles. The summed E-state index contributed by atoms with van der Waals surface area (Å²) in [6.45, 7) is 14.4. The zero-order valence-corrected chi connectivity index (χ0v) is 8.99. The molecule has 0 aromatic heterocycles. The van der Waals surface area contributed by atoms with E-state index in [0.29, 0.717) is 0 Å². The molecule has 1 nitrogen and oxygen atoms in total. The summed E-state index contributed by atoms with van der Waals surface area (Å²) < 4.78 is 5.47. The quantitative estimate of drug-likeness (QED) is 0.378. The normalized spacial score (nSPS) is 12.5. The summed E-state index contributed by atoms with van der Waals surface area (Å²) in [5.41, 5.74) is 0.112. The largest absolute Gasteiger partial charge is 1.00 e. The molecule has 0 aliphatic rings. The second kappa shape index (κ2) is 4.55. The van der Waals surface area contributed by atoms with Crippen LogP contribution in [0.25, 0.3) is 0 Å². The first-order chi connectivity index (χ1) is 4.21. The smallest absolute Gasteiger partial charge is 0.547 e. The van der Waals surface area contributed by atoms with E-state index in [1.165, 1.54) is 0 Å². The molecule has 0 aromatic rings. The van der Waals surface area contributed by atoms with Crippen LogP contribution in [0, 0.1) is 12.0 Å². The molecule has 0 bridgehead atoms. The Hall–Kier alpha value is 0.557. The maximum Gasteiger partial charge on any atom is 1.00 e. The Morgan fingerprint density at radius 1 is 0.909 bits per heavy atom. The molecular weight excluding hydrogens is 131 g/mol. The van der Waals surface area contributed by atoms with Crippen LogP contribution in [0.4, 0.5) is 0 Å². The van der Waals surface area contributed by atoms with Crippen LogP contribution in [-0.2, 0) is 4.74 Å². The van der Waals surface area contributed by atoms with E-state index in [1.807, 2.05) is 6.61 Å². The third-order valence-corrected chi connectivity index (χ3v) is 0.766. The van der Waals surface area contributed by atoms with Gasteiger partial charge in [-0.15, -0.1) is 5.41 Å². The van der Waals surface area contributed by atoms with Gasteiger partial charge in [-0.05, 0) is 20.8 Å². The summed E-state index contributed by atoms with van der Waals surface area (Å²) in [4.78, 5) is 0. The molecule has 11 heavy (non-hydrogen) atoms. The fourth-order valence-corrected chi connectivity index (χ4v) is 0.354. The van der Waals surface area contributed by atoms with Crippen molar-refractivity contribution in [1.82, 2.24) is 0 Å². The Labute approximate surface area is 83.1 Å². The van der Waals surface area contributed by atoms with Gasteiger partial charge in [0.25, 0.3) is 0 Å². The van der Waals surface area contributed by atoms with Crippen molar-refractivity contribution in [2.45, 2.75) is 47.1 Å². The van der Waals surface area contributed by atoms with Crippen LogP contribution in [0.5, 0.6) is 0 Å². The van der Waals surface area contributed by atoms with Crippen molar-refractivity contribution >= 4 is 0 Å². The maximum atomic E-state index is 5.47. The molecule has 0 rings (SSSR count). The topological polar surface area (TPSA) is 9.23 Å². The van der Waals surface area contributed by atoms with E-state index >= 15 is 0 Å². The molecule has 0 saturated carbocycles. The van der Waals surface area contributed by atoms with Crippen molar-refractivity contribution in [3.63, 3.8) is 0 Å². The van der Waals surface area contributed by atoms with Gasteiger partial charge < -0.3 is 4.74 Å². The SMILES string of the molecule is CC(C)(C)[CH-]OC(C)(C)C.[Li+]. The fraction of sp³-hybridized carbons (Fsp3) is 0.889. The van der Waals surface area contributed by atoms with Gasteiger partial charge >= 0.3 is 18.9 Å².